The second kappa shape index (κ2) is 8.40. The molecule has 6 heteroatoms. The highest BCUT2D eigenvalue weighted by Gasteiger charge is 2.15. The molecule has 0 saturated carbocycles. The topological polar surface area (TPSA) is 32.3 Å². The van der Waals surface area contributed by atoms with Crippen molar-refractivity contribution in [1.29, 1.82) is 0 Å². The maximum Gasteiger partial charge on any atom is 0.188 e. The number of aromatic nitrogens is 2. The van der Waals surface area contributed by atoms with E-state index in [0.29, 0.717) is 0 Å². The standard InChI is InChI=1S/C23H24N4S2/c1-26-10-12-27(13-11-26)14-15-28-23-24-19-8-4-3-7-18(19)22(25-23)21-16-17-6-2-5-9-20(17)29-21/h2-9,16H,10-15H2,1H3. The number of hydrogen-bond acceptors (Lipinski definition) is 6. The van der Waals surface area contributed by atoms with Gasteiger partial charge in [0, 0.05) is 48.6 Å². The van der Waals surface area contributed by atoms with E-state index in [1.54, 1.807) is 11.8 Å². The zero-order chi connectivity index (χ0) is 19.6. The lowest BCUT2D eigenvalue weighted by molar-refractivity contribution is 0.161. The van der Waals surface area contributed by atoms with Crippen molar-refractivity contribution in [2.45, 2.75) is 5.16 Å². The molecule has 2 aromatic heterocycles. The lowest BCUT2D eigenvalue weighted by atomic mass is 10.1. The third-order valence-corrected chi connectivity index (χ3v) is 7.43. The normalized spacial score (nSPS) is 16.0. The van der Waals surface area contributed by atoms with Crippen LogP contribution in [0.15, 0.2) is 59.8 Å². The van der Waals surface area contributed by atoms with Crippen LogP contribution in [0.5, 0.6) is 0 Å². The second-order valence-corrected chi connectivity index (χ2v) is 9.66. The Hall–Kier alpha value is -1.99. The van der Waals surface area contributed by atoms with Crippen LogP contribution in [0.3, 0.4) is 0 Å². The third-order valence-electron chi connectivity index (χ3n) is 5.48. The van der Waals surface area contributed by atoms with Crippen LogP contribution in [0.1, 0.15) is 0 Å². The van der Waals surface area contributed by atoms with Gasteiger partial charge in [-0.3, -0.25) is 4.90 Å². The van der Waals surface area contributed by atoms with E-state index in [1.165, 1.54) is 15.0 Å². The van der Waals surface area contributed by atoms with Gasteiger partial charge in [0.25, 0.3) is 0 Å². The lowest BCUT2D eigenvalue weighted by Crippen LogP contribution is -2.45. The summed E-state index contributed by atoms with van der Waals surface area (Å²) in [5.74, 6) is 1.02. The Morgan fingerprint density at radius 1 is 0.966 bits per heavy atom. The molecule has 0 unspecified atom stereocenters. The Bertz CT molecular complexity index is 1100. The summed E-state index contributed by atoms with van der Waals surface area (Å²) >= 11 is 3.58. The molecule has 1 aliphatic heterocycles. The van der Waals surface area contributed by atoms with Crippen molar-refractivity contribution < 1.29 is 0 Å². The fourth-order valence-electron chi connectivity index (χ4n) is 3.74. The van der Waals surface area contributed by atoms with Crippen LogP contribution < -0.4 is 0 Å². The molecule has 148 valence electrons. The van der Waals surface area contributed by atoms with Gasteiger partial charge < -0.3 is 4.90 Å². The summed E-state index contributed by atoms with van der Waals surface area (Å²) in [6, 6.07) is 19.2. The number of hydrogen-bond donors (Lipinski definition) is 0. The molecule has 0 spiro atoms. The van der Waals surface area contributed by atoms with Crippen molar-refractivity contribution in [1.82, 2.24) is 19.8 Å². The smallest absolute Gasteiger partial charge is 0.188 e. The van der Waals surface area contributed by atoms with E-state index in [9.17, 15) is 0 Å². The van der Waals surface area contributed by atoms with Crippen molar-refractivity contribution >= 4 is 44.1 Å². The van der Waals surface area contributed by atoms with Gasteiger partial charge in [-0.1, -0.05) is 48.2 Å². The van der Waals surface area contributed by atoms with Gasteiger partial charge in [-0.25, -0.2) is 9.97 Å². The maximum absolute atomic E-state index is 5.00. The molecule has 1 saturated heterocycles. The van der Waals surface area contributed by atoms with Crippen molar-refractivity contribution in [3.8, 4) is 10.6 Å². The van der Waals surface area contributed by atoms with Crippen LogP contribution in [-0.2, 0) is 0 Å². The number of likely N-dealkylation sites (N-methyl/N-ethyl adjacent to an activating group) is 1. The first-order valence-corrected chi connectivity index (χ1v) is 11.9. The van der Waals surface area contributed by atoms with Gasteiger partial charge in [-0.15, -0.1) is 11.3 Å². The van der Waals surface area contributed by atoms with E-state index in [1.807, 2.05) is 11.3 Å². The van der Waals surface area contributed by atoms with E-state index in [-0.39, 0.29) is 0 Å². The summed E-state index contributed by atoms with van der Waals surface area (Å²) in [7, 11) is 2.20. The van der Waals surface area contributed by atoms with Gasteiger partial charge in [-0.2, -0.15) is 0 Å². The summed E-state index contributed by atoms with van der Waals surface area (Å²) in [6.07, 6.45) is 0. The molecule has 0 radical (unpaired) electrons. The fourth-order valence-corrected chi connectivity index (χ4v) is 5.66. The highest BCUT2D eigenvalue weighted by atomic mass is 32.2. The lowest BCUT2D eigenvalue weighted by Gasteiger charge is -2.32. The van der Waals surface area contributed by atoms with Crippen molar-refractivity contribution in [2.24, 2.45) is 0 Å². The zero-order valence-corrected chi connectivity index (χ0v) is 18.2. The summed E-state index contributed by atoms with van der Waals surface area (Å²) < 4.78 is 1.30. The number of thiophene rings is 1. The fraction of sp³-hybridized carbons (Fsp3) is 0.304. The molecule has 5 rings (SSSR count). The van der Waals surface area contributed by atoms with Gasteiger partial charge in [0.15, 0.2) is 5.16 Å². The molecule has 4 aromatic rings. The Balaban J connectivity index is 1.41. The van der Waals surface area contributed by atoms with Crippen molar-refractivity contribution in [3.05, 3.63) is 54.6 Å². The average Bonchev–Trinajstić information content (AvgIpc) is 3.19. The molecule has 1 aliphatic rings. The minimum Gasteiger partial charge on any atom is -0.304 e. The first kappa shape index (κ1) is 19.0. The zero-order valence-electron chi connectivity index (χ0n) is 16.5. The number of para-hydroxylation sites is 1. The van der Waals surface area contributed by atoms with E-state index in [0.717, 1.165) is 60.2 Å². The van der Waals surface area contributed by atoms with E-state index < -0.39 is 0 Å². The van der Waals surface area contributed by atoms with Crippen LogP contribution in [0.25, 0.3) is 31.6 Å². The number of fused-ring (bicyclic) bond motifs is 2. The van der Waals surface area contributed by atoms with Crippen molar-refractivity contribution in [3.63, 3.8) is 0 Å². The second-order valence-electron chi connectivity index (χ2n) is 7.51. The SMILES string of the molecule is CN1CCN(CCSc2nc(-c3cc4ccccc4s3)c3ccccc3n2)CC1. The predicted octanol–water partition coefficient (Wildman–Crippen LogP) is 4.85. The Morgan fingerprint density at radius 2 is 1.76 bits per heavy atom. The molecule has 1 fully saturated rings. The molecule has 3 heterocycles. The Kier molecular flexibility index (Phi) is 5.50. The van der Waals surface area contributed by atoms with Gasteiger partial charge in [0.2, 0.25) is 0 Å². The van der Waals surface area contributed by atoms with Gasteiger partial charge in [-0.05, 0) is 30.6 Å². The number of thioether (sulfide) groups is 1. The molecule has 0 bridgehead atoms. The first-order chi connectivity index (χ1) is 14.3. The molecule has 29 heavy (non-hydrogen) atoms. The molecule has 0 N–H and O–H groups in total. The Morgan fingerprint density at radius 3 is 2.62 bits per heavy atom. The predicted molar refractivity (Wildman–Crippen MR) is 125 cm³/mol. The van der Waals surface area contributed by atoms with Crippen LogP contribution in [0.2, 0.25) is 0 Å². The quantitative estimate of drug-likeness (QED) is 0.340. The van der Waals surface area contributed by atoms with Gasteiger partial charge in [0.1, 0.15) is 0 Å². The monoisotopic (exact) mass is 420 g/mol. The van der Waals surface area contributed by atoms with Crippen LogP contribution in [0, 0.1) is 0 Å². The minimum atomic E-state index is 0.880. The molecule has 2 aromatic carbocycles. The minimum absolute atomic E-state index is 0.880. The summed E-state index contributed by atoms with van der Waals surface area (Å²) in [6.45, 7) is 5.72. The van der Waals surface area contributed by atoms with E-state index in [4.69, 9.17) is 9.97 Å². The number of benzene rings is 2. The van der Waals surface area contributed by atoms with Crippen LogP contribution >= 0.6 is 23.1 Å². The molecular formula is C23H24N4S2. The summed E-state index contributed by atoms with van der Waals surface area (Å²) in [5.41, 5.74) is 2.08. The highest BCUT2D eigenvalue weighted by Crippen LogP contribution is 2.36. The summed E-state index contributed by atoms with van der Waals surface area (Å²) in [4.78, 5) is 16.0. The number of nitrogens with zero attached hydrogens (tertiary/aromatic N) is 4. The number of piperazine rings is 1. The number of rotatable bonds is 5. The highest BCUT2D eigenvalue weighted by molar-refractivity contribution is 7.99. The molecule has 0 aliphatic carbocycles. The maximum atomic E-state index is 5.00. The van der Waals surface area contributed by atoms with Gasteiger partial charge in [0.05, 0.1) is 16.1 Å². The molecule has 4 nitrogen and oxygen atoms in total. The molecule has 0 amide bonds. The first-order valence-electron chi connectivity index (χ1n) is 10.1. The summed E-state index contributed by atoms with van der Waals surface area (Å²) in [5, 5.41) is 3.28. The molecular weight excluding hydrogens is 396 g/mol. The molecule has 0 atom stereocenters. The largest absolute Gasteiger partial charge is 0.304 e. The average molecular weight is 421 g/mol. The van der Waals surface area contributed by atoms with E-state index in [2.05, 4.69) is 71.4 Å². The van der Waals surface area contributed by atoms with Crippen LogP contribution in [0.4, 0.5) is 0 Å². The Labute approximate surface area is 179 Å². The van der Waals surface area contributed by atoms with Gasteiger partial charge >= 0.3 is 0 Å². The van der Waals surface area contributed by atoms with Crippen LogP contribution in [-0.4, -0.2) is 65.3 Å². The van der Waals surface area contributed by atoms with Crippen molar-refractivity contribution in [2.75, 3.05) is 45.5 Å². The van der Waals surface area contributed by atoms with E-state index >= 15 is 0 Å². The third kappa shape index (κ3) is 4.16.